The van der Waals surface area contributed by atoms with Crippen molar-refractivity contribution in [1.29, 1.82) is 0 Å². The molecule has 1 aromatic heterocycles. The molecule has 0 amide bonds. The molecule has 1 aromatic rings. The molecule has 0 spiro atoms. The van der Waals surface area contributed by atoms with Crippen LogP contribution in [0.2, 0.25) is 0 Å². The first kappa shape index (κ1) is 13.2. The minimum absolute atomic E-state index is 0.0246. The largest absolute Gasteiger partial charge is 0.477 e. The van der Waals surface area contributed by atoms with Gasteiger partial charge in [0.25, 0.3) is 0 Å². The quantitative estimate of drug-likeness (QED) is 0.214. The van der Waals surface area contributed by atoms with E-state index in [0.29, 0.717) is 18.1 Å². The molecular weight excluding hydrogens is 222 g/mol. The van der Waals surface area contributed by atoms with E-state index in [1.807, 2.05) is 0 Å². The number of aliphatic hydroxyl groups is 1. The monoisotopic (exact) mass is 239 g/mol. The lowest BCUT2D eigenvalue weighted by Gasteiger charge is -2.08. The Morgan fingerprint density at radius 1 is 1.41 bits per heavy atom. The molecule has 0 saturated carbocycles. The van der Waals surface area contributed by atoms with Crippen molar-refractivity contribution in [3.63, 3.8) is 0 Å². The van der Waals surface area contributed by atoms with Crippen LogP contribution in [0.4, 0.5) is 0 Å². The second-order valence-electron chi connectivity index (χ2n) is 3.47. The minimum Gasteiger partial charge on any atom is -0.477 e. The number of aromatic nitrogens is 1. The molecule has 0 saturated heterocycles. The van der Waals surface area contributed by atoms with Crippen LogP contribution in [0.25, 0.3) is 0 Å². The van der Waals surface area contributed by atoms with E-state index < -0.39 is 0 Å². The molecule has 6 nitrogen and oxygen atoms in total. The number of oxime groups is 1. The highest BCUT2D eigenvalue weighted by Crippen LogP contribution is 2.14. The third-order valence-electron chi connectivity index (χ3n) is 2.20. The number of nitrogens with zero attached hydrogens (tertiary/aromatic N) is 2. The van der Waals surface area contributed by atoms with Crippen molar-refractivity contribution in [1.82, 2.24) is 4.98 Å². The first-order valence-electron chi connectivity index (χ1n) is 5.46. The zero-order valence-corrected chi connectivity index (χ0v) is 9.54. The van der Waals surface area contributed by atoms with Crippen LogP contribution < -0.4 is 10.5 Å². The summed E-state index contributed by atoms with van der Waals surface area (Å²) in [7, 11) is 0. The zero-order valence-electron chi connectivity index (χ0n) is 9.54. The van der Waals surface area contributed by atoms with Gasteiger partial charge in [-0.1, -0.05) is 5.16 Å². The minimum atomic E-state index is -0.0246. The zero-order chi connectivity index (χ0) is 12.5. The number of pyridine rings is 1. The van der Waals surface area contributed by atoms with Gasteiger partial charge in [-0.2, -0.15) is 0 Å². The maximum atomic E-state index is 8.62. The topological polar surface area (TPSA) is 101 Å². The molecule has 17 heavy (non-hydrogen) atoms. The number of hydrogen-bond acceptors (Lipinski definition) is 5. The van der Waals surface area contributed by atoms with Gasteiger partial charge in [-0.15, -0.1) is 0 Å². The number of hydrogen-bond donors (Lipinski definition) is 3. The van der Waals surface area contributed by atoms with E-state index in [1.165, 1.54) is 0 Å². The number of rotatable bonds is 7. The number of aliphatic hydroxyl groups excluding tert-OH is 1. The molecule has 0 fully saturated rings. The van der Waals surface area contributed by atoms with E-state index in [9.17, 15) is 0 Å². The lowest BCUT2D eigenvalue weighted by Crippen LogP contribution is -2.15. The van der Waals surface area contributed by atoms with Crippen molar-refractivity contribution in [3.8, 4) is 5.88 Å². The predicted molar refractivity (Wildman–Crippen MR) is 63.2 cm³/mol. The first-order valence-corrected chi connectivity index (χ1v) is 5.46. The Morgan fingerprint density at radius 2 is 2.24 bits per heavy atom. The average molecular weight is 239 g/mol. The summed E-state index contributed by atoms with van der Waals surface area (Å²) in [6.07, 6.45) is 4.06. The van der Waals surface area contributed by atoms with Crippen molar-refractivity contribution < 1.29 is 15.1 Å². The molecule has 6 heteroatoms. The van der Waals surface area contributed by atoms with Crippen LogP contribution >= 0.6 is 0 Å². The van der Waals surface area contributed by atoms with Gasteiger partial charge in [-0.25, -0.2) is 4.98 Å². The molecule has 94 valence electrons. The van der Waals surface area contributed by atoms with Gasteiger partial charge in [0, 0.05) is 12.8 Å². The molecule has 1 rings (SSSR count). The van der Waals surface area contributed by atoms with Crippen LogP contribution in [0.5, 0.6) is 5.88 Å². The highest BCUT2D eigenvalue weighted by atomic mass is 16.5. The average Bonchev–Trinajstić information content (AvgIpc) is 2.38. The van der Waals surface area contributed by atoms with Gasteiger partial charge in [0.1, 0.15) is 0 Å². The van der Waals surface area contributed by atoms with Crippen LogP contribution in [-0.4, -0.2) is 34.3 Å². The summed E-state index contributed by atoms with van der Waals surface area (Å²) in [5.41, 5.74) is 5.96. The maximum Gasteiger partial charge on any atom is 0.224 e. The molecule has 0 atom stereocenters. The Kier molecular flexibility index (Phi) is 5.81. The van der Waals surface area contributed by atoms with E-state index in [1.54, 1.807) is 18.3 Å². The maximum absolute atomic E-state index is 8.62. The van der Waals surface area contributed by atoms with Crippen LogP contribution in [0.15, 0.2) is 23.5 Å². The number of unbranched alkanes of at least 4 members (excludes halogenated alkanes) is 2. The number of nitrogens with two attached hydrogens (primary N) is 1. The molecule has 0 aromatic carbocycles. The molecule has 0 radical (unpaired) electrons. The van der Waals surface area contributed by atoms with E-state index >= 15 is 0 Å². The summed E-state index contributed by atoms with van der Waals surface area (Å²) >= 11 is 0. The van der Waals surface area contributed by atoms with Crippen molar-refractivity contribution in [2.75, 3.05) is 13.2 Å². The molecule has 4 N–H and O–H groups in total. The predicted octanol–water partition coefficient (Wildman–Crippen LogP) is 0.717. The van der Waals surface area contributed by atoms with Crippen molar-refractivity contribution in [2.45, 2.75) is 19.3 Å². The molecule has 1 heterocycles. The second kappa shape index (κ2) is 7.45. The molecule has 0 bridgehead atoms. The molecule has 0 aliphatic rings. The Morgan fingerprint density at radius 3 is 2.94 bits per heavy atom. The van der Waals surface area contributed by atoms with Gasteiger partial charge in [0.05, 0.1) is 12.2 Å². The third-order valence-corrected chi connectivity index (χ3v) is 2.20. The van der Waals surface area contributed by atoms with Crippen LogP contribution in [0.1, 0.15) is 24.8 Å². The molecule has 0 aliphatic heterocycles. The Hall–Kier alpha value is -1.82. The van der Waals surface area contributed by atoms with Gasteiger partial charge in [-0.3, -0.25) is 0 Å². The summed E-state index contributed by atoms with van der Waals surface area (Å²) in [6, 6.07) is 3.36. The van der Waals surface area contributed by atoms with E-state index in [2.05, 4.69) is 10.1 Å². The molecule has 0 unspecified atom stereocenters. The number of ether oxygens (including phenoxy) is 1. The summed E-state index contributed by atoms with van der Waals surface area (Å²) < 4.78 is 5.44. The van der Waals surface area contributed by atoms with Crippen molar-refractivity contribution in [2.24, 2.45) is 10.9 Å². The summed E-state index contributed by atoms with van der Waals surface area (Å²) in [6.45, 7) is 0.682. The third kappa shape index (κ3) is 4.28. The Balaban J connectivity index is 2.53. The smallest absolute Gasteiger partial charge is 0.224 e. The standard InChI is InChI=1S/C11H17N3O3/c12-10(14-16)9-5-4-6-13-11(9)17-8-3-1-2-7-15/h4-6,15-16H,1-3,7-8H2,(H2,12,14). The van der Waals surface area contributed by atoms with Gasteiger partial charge < -0.3 is 20.8 Å². The highest BCUT2D eigenvalue weighted by Gasteiger charge is 2.08. The van der Waals surface area contributed by atoms with Crippen molar-refractivity contribution >= 4 is 5.84 Å². The van der Waals surface area contributed by atoms with E-state index in [0.717, 1.165) is 19.3 Å². The van der Waals surface area contributed by atoms with Crippen LogP contribution in [0.3, 0.4) is 0 Å². The first-order chi connectivity index (χ1) is 8.29. The fourth-order valence-corrected chi connectivity index (χ4v) is 1.31. The molecular formula is C11H17N3O3. The summed E-state index contributed by atoms with van der Waals surface area (Å²) in [4.78, 5) is 4.02. The summed E-state index contributed by atoms with van der Waals surface area (Å²) in [5, 5.41) is 20.1. The van der Waals surface area contributed by atoms with Gasteiger partial charge in [0.15, 0.2) is 5.84 Å². The SMILES string of the molecule is N/C(=N/O)c1cccnc1OCCCCCO. The van der Waals surface area contributed by atoms with Gasteiger partial charge >= 0.3 is 0 Å². The highest BCUT2D eigenvalue weighted by molar-refractivity contribution is 5.98. The van der Waals surface area contributed by atoms with Crippen molar-refractivity contribution in [3.05, 3.63) is 23.9 Å². The second-order valence-corrected chi connectivity index (χ2v) is 3.47. The lowest BCUT2D eigenvalue weighted by atomic mass is 10.2. The molecule has 0 aliphatic carbocycles. The lowest BCUT2D eigenvalue weighted by molar-refractivity contribution is 0.262. The van der Waals surface area contributed by atoms with Crippen LogP contribution in [0, 0.1) is 0 Å². The van der Waals surface area contributed by atoms with Crippen LogP contribution in [-0.2, 0) is 0 Å². The Bertz CT molecular complexity index is 369. The summed E-state index contributed by atoms with van der Waals surface area (Å²) in [5.74, 6) is 0.329. The fraction of sp³-hybridized carbons (Fsp3) is 0.455. The number of amidine groups is 1. The van der Waals surface area contributed by atoms with E-state index in [-0.39, 0.29) is 12.4 Å². The van der Waals surface area contributed by atoms with E-state index in [4.69, 9.17) is 20.8 Å². The fourth-order valence-electron chi connectivity index (χ4n) is 1.31. The van der Waals surface area contributed by atoms with Gasteiger partial charge in [-0.05, 0) is 31.4 Å². The van der Waals surface area contributed by atoms with Gasteiger partial charge in [0.2, 0.25) is 5.88 Å². The Labute approximate surface area is 99.7 Å². The normalized spacial score (nSPS) is 11.5.